The van der Waals surface area contributed by atoms with Gasteiger partial charge in [-0.1, -0.05) is 35.4 Å². The molecule has 22 heavy (non-hydrogen) atoms. The van der Waals surface area contributed by atoms with Gasteiger partial charge in [-0.05, 0) is 50.1 Å². The highest BCUT2D eigenvalue weighted by atomic mass is 35.5. The van der Waals surface area contributed by atoms with Gasteiger partial charge in [0.05, 0.1) is 5.69 Å². The lowest BCUT2D eigenvalue weighted by Gasteiger charge is -2.05. The molecule has 0 saturated carbocycles. The quantitative estimate of drug-likeness (QED) is 0.625. The maximum atomic E-state index is 6.16. The van der Waals surface area contributed by atoms with Crippen molar-refractivity contribution in [2.75, 3.05) is 5.32 Å². The van der Waals surface area contributed by atoms with Gasteiger partial charge in [0.2, 0.25) is 0 Å². The van der Waals surface area contributed by atoms with Crippen LogP contribution in [0.2, 0.25) is 5.02 Å². The maximum Gasteiger partial charge on any atom is 0.187 e. The molecule has 2 nitrogen and oxygen atoms in total. The minimum Gasteiger partial charge on any atom is -0.331 e. The average molecular weight is 329 g/mol. The van der Waals surface area contributed by atoms with Gasteiger partial charge in [-0.2, -0.15) is 0 Å². The van der Waals surface area contributed by atoms with Crippen molar-refractivity contribution in [1.82, 2.24) is 4.98 Å². The minimum absolute atomic E-state index is 0.760. The van der Waals surface area contributed by atoms with Crippen LogP contribution in [0.15, 0.2) is 41.8 Å². The summed E-state index contributed by atoms with van der Waals surface area (Å²) in [4.78, 5) is 4.69. The van der Waals surface area contributed by atoms with Crippen LogP contribution in [-0.2, 0) is 0 Å². The van der Waals surface area contributed by atoms with E-state index in [1.165, 1.54) is 16.7 Å². The van der Waals surface area contributed by atoms with Crippen molar-refractivity contribution in [3.05, 3.63) is 63.5 Å². The lowest BCUT2D eigenvalue weighted by atomic mass is 10.0. The number of hydrogen-bond acceptors (Lipinski definition) is 3. The molecule has 0 spiro atoms. The fraction of sp³-hybridized carbons (Fsp3) is 0.167. The number of hydrogen-bond donors (Lipinski definition) is 1. The van der Waals surface area contributed by atoms with Crippen molar-refractivity contribution in [2.45, 2.75) is 20.8 Å². The molecular weight excluding hydrogens is 312 g/mol. The largest absolute Gasteiger partial charge is 0.331 e. The van der Waals surface area contributed by atoms with E-state index < -0.39 is 0 Å². The highest BCUT2D eigenvalue weighted by molar-refractivity contribution is 7.14. The zero-order valence-corrected chi connectivity index (χ0v) is 14.3. The highest BCUT2D eigenvalue weighted by Gasteiger charge is 2.08. The van der Waals surface area contributed by atoms with Gasteiger partial charge >= 0.3 is 0 Å². The Morgan fingerprint density at radius 1 is 1.00 bits per heavy atom. The van der Waals surface area contributed by atoms with Gasteiger partial charge in [0.1, 0.15) is 0 Å². The molecule has 0 atom stereocenters. The van der Waals surface area contributed by atoms with Crippen LogP contribution in [0.25, 0.3) is 11.3 Å². The predicted molar refractivity (Wildman–Crippen MR) is 96.5 cm³/mol. The van der Waals surface area contributed by atoms with Crippen molar-refractivity contribution in [1.29, 1.82) is 0 Å². The van der Waals surface area contributed by atoms with Crippen molar-refractivity contribution < 1.29 is 0 Å². The van der Waals surface area contributed by atoms with Crippen molar-refractivity contribution in [2.24, 2.45) is 0 Å². The normalized spacial score (nSPS) is 10.7. The van der Waals surface area contributed by atoms with Crippen LogP contribution in [0, 0.1) is 20.8 Å². The third-order valence-electron chi connectivity index (χ3n) is 3.60. The van der Waals surface area contributed by atoms with E-state index in [1.54, 1.807) is 11.3 Å². The summed E-state index contributed by atoms with van der Waals surface area (Å²) in [6.45, 7) is 6.21. The molecule has 112 valence electrons. The molecule has 0 saturated heterocycles. The second-order valence-electron chi connectivity index (χ2n) is 5.45. The Bertz CT molecular complexity index is 824. The number of nitrogens with one attached hydrogen (secondary N) is 1. The molecule has 3 rings (SSSR count). The first-order chi connectivity index (χ1) is 10.5. The Labute approximate surface area is 139 Å². The molecule has 0 radical (unpaired) electrons. The molecule has 4 heteroatoms. The zero-order chi connectivity index (χ0) is 15.7. The standard InChI is InChI=1S/C18H17ClN2S/c1-11-4-5-12(2)15(8-11)17-10-22-18(21-17)20-14-7-6-13(3)16(19)9-14/h4-10H,1-3H3,(H,20,21). The topological polar surface area (TPSA) is 24.9 Å². The second kappa shape index (κ2) is 6.11. The molecule has 1 N–H and O–H groups in total. The molecule has 3 aromatic rings. The summed E-state index contributed by atoms with van der Waals surface area (Å²) < 4.78 is 0. The fourth-order valence-electron chi connectivity index (χ4n) is 2.26. The summed E-state index contributed by atoms with van der Waals surface area (Å²) in [6.07, 6.45) is 0. The van der Waals surface area contributed by atoms with Crippen LogP contribution in [0.1, 0.15) is 16.7 Å². The number of thiazole rings is 1. The number of halogens is 1. The predicted octanol–water partition coefficient (Wildman–Crippen LogP) is 6.13. The van der Waals surface area contributed by atoms with Gasteiger partial charge < -0.3 is 5.32 Å². The van der Waals surface area contributed by atoms with Crippen molar-refractivity contribution >= 4 is 33.8 Å². The van der Waals surface area contributed by atoms with Gasteiger partial charge in [0.25, 0.3) is 0 Å². The SMILES string of the molecule is Cc1ccc(C)c(-c2csc(Nc3ccc(C)c(Cl)c3)n2)c1. The van der Waals surface area contributed by atoms with Crippen molar-refractivity contribution in [3.8, 4) is 11.3 Å². The summed E-state index contributed by atoms with van der Waals surface area (Å²) in [7, 11) is 0. The highest BCUT2D eigenvalue weighted by Crippen LogP contribution is 2.30. The number of rotatable bonds is 3. The van der Waals surface area contributed by atoms with Crippen LogP contribution in [0.5, 0.6) is 0 Å². The maximum absolute atomic E-state index is 6.16. The number of nitrogens with zero attached hydrogens (tertiary/aromatic N) is 1. The van der Waals surface area contributed by atoms with Gasteiger partial charge in [0, 0.05) is 21.7 Å². The van der Waals surface area contributed by atoms with Crippen LogP contribution in [0.4, 0.5) is 10.8 Å². The van der Waals surface area contributed by atoms with E-state index >= 15 is 0 Å². The summed E-state index contributed by atoms with van der Waals surface area (Å²) in [5.41, 5.74) is 6.70. The Balaban J connectivity index is 1.87. The Morgan fingerprint density at radius 3 is 2.55 bits per heavy atom. The smallest absolute Gasteiger partial charge is 0.187 e. The lowest BCUT2D eigenvalue weighted by molar-refractivity contribution is 1.33. The summed E-state index contributed by atoms with van der Waals surface area (Å²) in [5, 5.41) is 7.03. The van der Waals surface area contributed by atoms with E-state index in [2.05, 4.69) is 42.7 Å². The molecule has 1 heterocycles. The molecular formula is C18H17ClN2S. The van der Waals surface area contributed by atoms with Gasteiger partial charge in [-0.25, -0.2) is 4.98 Å². The number of anilines is 2. The van der Waals surface area contributed by atoms with Crippen LogP contribution >= 0.6 is 22.9 Å². The second-order valence-corrected chi connectivity index (χ2v) is 6.71. The first kappa shape index (κ1) is 15.1. The zero-order valence-electron chi connectivity index (χ0n) is 12.8. The van der Waals surface area contributed by atoms with E-state index in [0.29, 0.717) is 0 Å². The molecule has 0 aliphatic heterocycles. The first-order valence-electron chi connectivity index (χ1n) is 7.09. The Kier molecular flexibility index (Phi) is 4.19. The molecule has 0 aliphatic carbocycles. The molecule has 2 aromatic carbocycles. The van der Waals surface area contributed by atoms with Crippen LogP contribution in [-0.4, -0.2) is 4.98 Å². The fourth-order valence-corrected chi connectivity index (χ4v) is 3.17. The van der Waals surface area contributed by atoms with Gasteiger partial charge in [0.15, 0.2) is 5.13 Å². The van der Waals surface area contributed by atoms with E-state index in [1.807, 2.05) is 25.1 Å². The van der Waals surface area contributed by atoms with Gasteiger partial charge in [-0.15, -0.1) is 11.3 Å². The molecule has 0 aliphatic rings. The first-order valence-corrected chi connectivity index (χ1v) is 8.35. The summed E-state index contributed by atoms with van der Waals surface area (Å²) >= 11 is 7.76. The number of aryl methyl sites for hydroxylation is 3. The summed E-state index contributed by atoms with van der Waals surface area (Å²) in [5.74, 6) is 0. The van der Waals surface area contributed by atoms with E-state index in [-0.39, 0.29) is 0 Å². The monoisotopic (exact) mass is 328 g/mol. The summed E-state index contributed by atoms with van der Waals surface area (Å²) in [6, 6.07) is 12.4. The molecule has 1 aromatic heterocycles. The number of benzene rings is 2. The van der Waals surface area contributed by atoms with Crippen LogP contribution < -0.4 is 5.32 Å². The van der Waals surface area contributed by atoms with Crippen molar-refractivity contribution in [3.63, 3.8) is 0 Å². The Morgan fingerprint density at radius 2 is 1.77 bits per heavy atom. The van der Waals surface area contributed by atoms with E-state index in [4.69, 9.17) is 16.6 Å². The average Bonchev–Trinajstić information content (AvgIpc) is 2.94. The van der Waals surface area contributed by atoms with Crippen LogP contribution in [0.3, 0.4) is 0 Å². The lowest BCUT2D eigenvalue weighted by Crippen LogP contribution is -1.91. The van der Waals surface area contributed by atoms with E-state index in [0.717, 1.165) is 27.1 Å². The van der Waals surface area contributed by atoms with E-state index in [9.17, 15) is 0 Å². The van der Waals surface area contributed by atoms with Gasteiger partial charge in [-0.3, -0.25) is 0 Å². The molecule has 0 bridgehead atoms. The Hall–Kier alpha value is -1.84. The minimum atomic E-state index is 0.760. The molecule has 0 amide bonds. The third kappa shape index (κ3) is 3.16. The third-order valence-corrected chi connectivity index (χ3v) is 4.76. The number of aromatic nitrogens is 1. The molecule has 0 unspecified atom stereocenters. The molecule has 0 fully saturated rings.